The van der Waals surface area contributed by atoms with Gasteiger partial charge in [0, 0.05) is 23.6 Å². The Hall–Kier alpha value is -2.88. The largest absolute Gasteiger partial charge is 0.423 e. The van der Waals surface area contributed by atoms with E-state index in [-0.39, 0.29) is 12.5 Å². The Labute approximate surface area is 133 Å². The maximum Gasteiger partial charge on any atom is 0.336 e. The van der Waals surface area contributed by atoms with Crippen molar-refractivity contribution in [2.45, 2.75) is 20.4 Å². The van der Waals surface area contributed by atoms with Crippen LogP contribution in [-0.2, 0) is 6.54 Å². The molecule has 2 aromatic carbocycles. The van der Waals surface area contributed by atoms with Crippen molar-refractivity contribution in [2.24, 2.45) is 0 Å². The molecule has 0 aliphatic carbocycles. The van der Waals surface area contributed by atoms with E-state index in [0.717, 1.165) is 22.1 Å². The van der Waals surface area contributed by atoms with E-state index in [9.17, 15) is 9.59 Å². The highest BCUT2D eigenvalue weighted by atomic mass is 16.4. The Kier molecular flexibility index (Phi) is 3.98. The summed E-state index contributed by atoms with van der Waals surface area (Å²) >= 11 is 0. The number of amides is 1. The SMILES string of the molecule is Cc1ccc2c(CNC(=O)c3ccccc3C)cc(=O)oc2c1. The lowest BCUT2D eigenvalue weighted by molar-refractivity contribution is 0.0950. The van der Waals surface area contributed by atoms with E-state index < -0.39 is 5.63 Å². The molecule has 116 valence electrons. The fourth-order valence-electron chi connectivity index (χ4n) is 2.58. The topological polar surface area (TPSA) is 59.3 Å². The van der Waals surface area contributed by atoms with Gasteiger partial charge in [0.05, 0.1) is 0 Å². The van der Waals surface area contributed by atoms with Crippen LogP contribution in [-0.4, -0.2) is 5.91 Å². The lowest BCUT2D eigenvalue weighted by Crippen LogP contribution is -2.24. The molecule has 0 saturated heterocycles. The molecule has 1 N–H and O–H groups in total. The van der Waals surface area contributed by atoms with Gasteiger partial charge in [0.2, 0.25) is 0 Å². The summed E-state index contributed by atoms with van der Waals surface area (Å²) < 4.78 is 5.23. The van der Waals surface area contributed by atoms with Crippen molar-refractivity contribution in [1.29, 1.82) is 0 Å². The lowest BCUT2D eigenvalue weighted by atomic mass is 10.1. The minimum Gasteiger partial charge on any atom is -0.423 e. The maximum absolute atomic E-state index is 12.3. The predicted octanol–water partition coefficient (Wildman–Crippen LogP) is 3.34. The summed E-state index contributed by atoms with van der Waals surface area (Å²) in [6, 6.07) is 14.5. The van der Waals surface area contributed by atoms with E-state index in [2.05, 4.69) is 5.32 Å². The average Bonchev–Trinajstić information content (AvgIpc) is 2.52. The lowest BCUT2D eigenvalue weighted by Gasteiger charge is -2.09. The van der Waals surface area contributed by atoms with Crippen LogP contribution in [0.15, 0.2) is 57.7 Å². The molecule has 0 unspecified atom stereocenters. The summed E-state index contributed by atoms with van der Waals surface area (Å²) in [7, 11) is 0. The molecule has 23 heavy (non-hydrogen) atoms. The summed E-state index contributed by atoms with van der Waals surface area (Å²) in [6.07, 6.45) is 0. The summed E-state index contributed by atoms with van der Waals surface area (Å²) in [5.41, 5.74) is 3.44. The molecule has 1 heterocycles. The second-order valence-electron chi connectivity index (χ2n) is 5.59. The molecule has 1 aromatic heterocycles. The third-order valence-corrected chi connectivity index (χ3v) is 3.81. The second kappa shape index (κ2) is 6.08. The van der Waals surface area contributed by atoms with E-state index in [0.29, 0.717) is 11.1 Å². The van der Waals surface area contributed by atoms with Gasteiger partial charge < -0.3 is 9.73 Å². The molecule has 4 heteroatoms. The molecule has 3 aromatic rings. The van der Waals surface area contributed by atoms with Gasteiger partial charge in [0.15, 0.2) is 0 Å². The van der Waals surface area contributed by atoms with Crippen LogP contribution in [0, 0.1) is 13.8 Å². The van der Waals surface area contributed by atoms with Crippen molar-refractivity contribution >= 4 is 16.9 Å². The number of rotatable bonds is 3. The van der Waals surface area contributed by atoms with Crippen LogP contribution in [0.4, 0.5) is 0 Å². The van der Waals surface area contributed by atoms with Crippen LogP contribution in [0.1, 0.15) is 27.0 Å². The molecular weight excluding hydrogens is 290 g/mol. The Morgan fingerprint density at radius 3 is 2.65 bits per heavy atom. The molecule has 1 amide bonds. The zero-order valence-corrected chi connectivity index (χ0v) is 13.1. The number of benzene rings is 2. The normalized spacial score (nSPS) is 10.7. The third-order valence-electron chi connectivity index (χ3n) is 3.81. The van der Waals surface area contributed by atoms with Crippen LogP contribution in [0.25, 0.3) is 11.0 Å². The number of hydrogen-bond acceptors (Lipinski definition) is 3. The quantitative estimate of drug-likeness (QED) is 0.755. The number of nitrogens with one attached hydrogen (secondary N) is 1. The van der Waals surface area contributed by atoms with Gasteiger partial charge in [-0.15, -0.1) is 0 Å². The highest BCUT2D eigenvalue weighted by Gasteiger charge is 2.10. The highest BCUT2D eigenvalue weighted by molar-refractivity contribution is 5.95. The van der Waals surface area contributed by atoms with Crippen molar-refractivity contribution in [3.63, 3.8) is 0 Å². The first-order valence-electron chi connectivity index (χ1n) is 7.42. The molecule has 0 fully saturated rings. The molecule has 0 spiro atoms. The van der Waals surface area contributed by atoms with Crippen LogP contribution in [0.2, 0.25) is 0 Å². The third kappa shape index (κ3) is 3.16. The minimum atomic E-state index is -0.414. The number of fused-ring (bicyclic) bond motifs is 1. The Morgan fingerprint density at radius 1 is 1.09 bits per heavy atom. The molecule has 0 aliphatic heterocycles. The van der Waals surface area contributed by atoms with Gasteiger partial charge in [-0.25, -0.2) is 4.79 Å². The van der Waals surface area contributed by atoms with Gasteiger partial charge in [-0.1, -0.05) is 30.3 Å². The van der Waals surface area contributed by atoms with Crippen molar-refractivity contribution in [3.05, 3.63) is 81.2 Å². The molecule has 0 bridgehead atoms. The summed E-state index contributed by atoms with van der Waals surface area (Å²) in [5, 5.41) is 3.70. The standard InChI is InChI=1S/C19H17NO3/c1-12-7-8-16-14(10-18(21)23-17(16)9-12)11-20-19(22)15-6-4-3-5-13(15)2/h3-10H,11H2,1-2H3,(H,20,22). The van der Waals surface area contributed by atoms with Crippen molar-refractivity contribution in [2.75, 3.05) is 0 Å². The van der Waals surface area contributed by atoms with Crippen LogP contribution in [0.5, 0.6) is 0 Å². The van der Waals surface area contributed by atoms with E-state index >= 15 is 0 Å². The first-order valence-corrected chi connectivity index (χ1v) is 7.42. The Bertz CT molecular complexity index is 941. The molecule has 4 nitrogen and oxygen atoms in total. The first kappa shape index (κ1) is 15.0. The van der Waals surface area contributed by atoms with Crippen molar-refractivity contribution < 1.29 is 9.21 Å². The van der Waals surface area contributed by atoms with Gasteiger partial charge in [-0.3, -0.25) is 4.79 Å². The van der Waals surface area contributed by atoms with Gasteiger partial charge >= 0.3 is 5.63 Å². The molecular formula is C19H17NO3. The number of carbonyl (C=O) groups is 1. The monoisotopic (exact) mass is 307 g/mol. The van der Waals surface area contributed by atoms with Crippen LogP contribution in [0.3, 0.4) is 0 Å². The molecule has 3 rings (SSSR count). The summed E-state index contributed by atoms with van der Waals surface area (Å²) in [6.45, 7) is 4.11. The number of hydrogen-bond donors (Lipinski definition) is 1. The number of carbonyl (C=O) groups excluding carboxylic acids is 1. The molecule has 0 saturated carbocycles. The van der Waals surface area contributed by atoms with Gasteiger partial charge in [0.1, 0.15) is 5.58 Å². The fraction of sp³-hybridized carbons (Fsp3) is 0.158. The zero-order chi connectivity index (χ0) is 16.4. The van der Waals surface area contributed by atoms with E-state index in [1.807, 2.05) is 50.2 Å². The fourth-order valence-corrected chi connectivity index (χ4v) is 2.58. The Balaban J connectivity index is 1.89. The zero-order valence-electron chi connectivity index (χ0n) is 13.1. The average molecular weight is 307 g/mol. The number of aryl methyl sites for hydroxylation is 2. The van der Waals surface area contributed by atoms with Crippen molar-refractivity contribution in [3.8, 4) is 0 Å². The summed E-state index contributed by atoms with van der Waals surface area (Å²) in [5.74, 6) is -0.156. The van der Waals surface area contributed by atoms with Gasteiger partial charge in [-0.2, -0.15) is 0 Å². The predicted molar refractivity (Wildman–Crippen MR) is 89.6 cm³/mol. The smallest absolute Gasteiger partial charge is 0.336 e. The molecule has 0 aliphatic rings. The summed E-state index contributed by atoms with van der Waals surface area (Å²) in [4.78, 5) is 24.0. The molecule has 0 atom stereocenters. The first-order chi connectivity index (χ1) is 11.0. The van der Waals surface area contributed by atoms with Crippen molar-refractivity contribution in [1.82, 2.24) is 5.32 Å². The van der Waals surface area contributed by atoms with E-state index in [1.165, 1.54) is 6.07 Å². The molecule has 0 radical (unpaired) electrons. The second-order valence-corrected chi connectivity index (χ2v) is 5.59. The van der Waals surface area contributed by atoms with E-state index in [4.69, 9.17) is 4.42 Å². The van der Waals surface area contributed by atoms with E-state index in [1.54, 1.807) is 6.07 Å². The van der Waals surface area contributed by atoms with Gasteiger partial charge in [-0.05, 0) is 42.7 Å². The van der Waals surface area contributed by atoms with Gasteiger partial charge in [0.25, 0.3) is 5.91 Å². The van der Waals surface area contributed by atoms with Crippen LogP contribution >= 0.6 is 0 Å². The van der Waals surface area contributed by atoms with Crippen LogP contribution < -0.4 is 10.9 Å². The maximum atomic E-state index is 12.3. The minimum absolute atomic E-state index is 0.156. The highest BCUT2D eigenvalue weighted by Crippen LogP contribution is 2.18. The Morgan fingerprint density at radius 2 is 1.87 bits per heavy atom.